The molecule has 1 saturated heterocycles. The Labute approximate surface area is 137 Å². The van der Waals surface area contributed by atoms with E-state index in [1.165, 1.54) is 0 Å². The van der Waals surface area contributed by atoms with E-state index >= 15 is 0 Å². The van der Waals surface area contributed by atoms with E-state index in [1.54, 1.807) is 7.11 Å². The summed E-state index contributed by atoms with van der Waals surface area (Å²) >= 11 is 0. The summed E-state index contributed by atoms with van der Waals surface area (Å²) < 4.78 is 5.04. The fourth-order valence-electron chi connectivity index (χ4n) is 2.63. The van der Waals surface area contributed by atoms with E-state index in [1.807, 2.05) is 36.1 Å². The van der Waals surface area contributed by atoms with Gasteiger partial charge in [-0.1, -0.05) is 12.1 Å². The normalized spacial score (nSPS) is 17.2. The number of nitrogens with zero attached hydrogens (tertiary/aromatic N) is 2. The summed E-state index contributed by atoms with van der Waals surface area (Å²) in [6.07, 6.45) is 2.71. The number of methoxy groups -OCH3 is 1. The summed E-state index contributed by atoms with van der Waals surface area (Å²) in [5.74, 6) is 0.618. The SMILES string of the molecule is COCC(C)NC(N)=NCc1ccc(N2CCCCC2=O)cc1. The van der Waals surface area contributed by atoms with Gasteiger partial charge in [-0.2, -0.15) is 0 Å². The number of anilines is 1. The molecule has 1 heterocycles. The summed E-state index contributed by atoms with van der Waals surface area (Å²) in [5.41, 5.74) is 7.87. The van der Waals surface area contributed by atoms with Crippen molar-refractivity contribution in [3.8, 4) is 0 Å². The van der Waals surface area contributed by atoms with Crippen molar-refractivity contribution in [3.63, 3.8) is 0 Å². The molecule has 0 saturated carbocycles. The highest BCUT2D eigenvalue weighted by Crippen LogP contribution is 2.21. The monoisotopic (exact) mass is 318 g/mol. The molecule has 1 unspecified atom stereocenters. The third-order valence-electron chi connectivity index (χ3n) is 3.81. The molecule has 6 heteroatoms. The van der Waals surface area contributed by atoms with E-state index in [-0.39, 0.29) is 11.9 Å². The van der Waals surface area contributed by atoms with Crippen molar-refractivity contribution in [1.82, 2.24) is 5.32 Å². The van der Waals surface area contributed by atoms with Gasteiger partial charge in [0.15, 0.2) is 5.96 Å². The van der Waals surface area contributed by atoms with E-state index in [0.29, 0.717) is 25.5 Å². The molecule has 2 rings (SSSR count). The topological polar surface area (TPSA) is 80.0 Å². The van der Waals surface area contributed by atoms with Gasteiger partial charge in [-0.05, 0) is 37.5 Å². The molecule has 1 atom stereocenters. The van der Waals surface area contributed by atoms with Gasteiger partial charge in [-0.15, -0.1) is 0 Å². The average Bonchev–Trinajstić information content (AvgIpc) is 2.54. The number of nitrogens with one attached hydrogen (secondary N) is 1. The summed E-state index contributed by atoms with van der Waals surface area (Å²) in [5, 5.41) is 3.07. The summed E-state index contributed by atoms with van der Waals surface area (Å²) in [7, 11) is 1.65. The average molecular weight is 318 g/mol. The fourth-order valence-corrected chi connectivity index (χ4v) is 2.63. The van der Waals surface area contributed by atoms with Crippen LogP contribution in [0.4, 0.5) is 5.69 Å². The maximum absolute atomic E-state index is 11.9. The minimum atomic E-state index is 0.122. The number of amides is 1. The first-order valence-corrected chi connectivity index (χ1v) is 8.05. The van der Waals surface area contributed by atoms with Gasteiger partial charge in [-0.25, -0.2) is 4.99 Å². The second kappa shape index (κ2) is 8.53. The highest BCUT2D eigenvalue weighted by Gasteiger charge is 2.19. The van der Waals surface area contributed by atoms with Crippen molar-refractivity contribution in [2.24, 2.45) is 10.7 Å². The molecule has 23 heavy (non-hydrogen) atoms. The van der Waals surface area contributed by atoms with Crippen molar-refractivity contribution in [3.05, 3.63) is 29.8 Å². The number of rotatable bonds is 6. The second-order valence-corrected chi connectivity index (χ2v) is 5.87. The van der Waals surface area contributed by atoms with Crippen molar-refractivity contribution in [2.75, 3.05) is 25.2 Å². The molecule has 126 valence electrons. The van der Waals surface area contributed by atoms with Crippen molar-refractivity contribution < 1.29 is 9.53 Å². The highest BCUT2D eigenvalue weighted by molar-refractivity contribution is 5.93. The molecule has 1 fully saturated rings. The molecule has 1 amide bonds. The Morgan fingerprint density at radius 2 is 2.13 bits per heavy atom. The first kappa shape index (κ1) is 17.3. The first-order chi connectivity index (χ1) is 11.1. The van der Waals surface area contributed by atoms with Crippen molar-refractivity contribution in [1.29, 1.82) is 0 Å². The van der Waals surface area contributed by atoms with Crippen LogP contribution in [0.15, 0.2) is 29.3 Å². The highest BCUT2D eigenvalue weighted by atomic mass is 16.5. The van der Waals surface area contributed by atoms with E-state index in [4.69, 9.17) is 10.5 Å². The van der Waals surface area contributed by atoms with Gasteiger partial charge >= 0.3 is 0 Å². The van der Waals surface area contributed by atoms with E-state index in [0.717, 1.165) is 30.6 Å². The van der Waals surface area contributed by atoms with Gasteiger partial charge in [0.1, 0.15) is 0 Å². The molecular formula is C17H26N4O2. The number of carbonyl (C=O) groups excluding carboxylic acids is 1. The molecule has 0 spiro atoms. The van der Waals surface area contributed by atoms with Crippen LogP contribution in [-0.4, -0.2) is 38.2 Å². The van der Waals surface area contributed by atoms with Gasteiger partial charge in [0.25, 0.3) is 0 Å². The van der Waals surface area contributed by atoms with E-state index < -0.39 is 0 Å². The third-order valence-corrected chi connectivity index (χ3v) is 3.81. The molecule has 1 aromatic carbocycles. The second-order valence-electron chi connectivity index (χ2n) is 5.87. The zero-order valence-electron chi connectivity index (χ0n) is 13.9. The predicted octanol–water partition coefficient (Wildman–Crippen LogP) is 1.64. The zero-order chi connectivity index (χ0) is 16.7. The summed E-state index contributed by atoms with van der Waals surface area (Å²) in [6.45, 7) is 3.88. The summed E-state index contributed by atoms with van der Waals surface area (Å²) in [6, 6.07) is 8.06. The zero-order valence-corrected chi connectivity index (χ0v) is 13.9. The van der Waals surface area contributed by atoms with Crippen LogP contribution >= 0.6 is 0 Å². The molecule has 0 radical (unpaired) electrons. The van der Waals surface area contributed by atoms with Crippen LogP contribution in [0.5, 0.6) is 0 Å². The maximum Gasteiger partial charge on any atom is 0.226 e. The van der Waals surface area contributed by atoms with Crippen LogP contribution in [0.1, 0.15) is 31.7 Å². The van der Waals surface area contributed by atoms with E-state index in [9.17, 15) is 4.79 Å². The number of ether oxygens (including phenoxy) is 1. The Balaban J connectivity index is 1.90. The Hall–Kier alpha value is -2.08. The molecular weight excluding hydrogens is 292 g/mol. The lowest BCUT2D eigenvalue weighted by Gasteiger charge is -2.26. The predicted molar refractivity (Wildman–Crippen MR) is 92.4 cm³/mol. The largest absolute Gasteiger partial charge is 0.383 e. The Bertz CT molecular complexity index is 542. The number of aliphatic imine (C=N–C) groups is 1. The number of piperidine rings is 1. The number of hydrogen-bond acceptors (Lipinski definition) is 3. The Morgan fingerprint density at radius 1 is 1.39 bits per heavy atom. The van der Waals surface area contributed by atoms with Gasteiger partial charge in [0, 0.05) is 31.8 Å². The summed E-state index contributed by atoms with van der Waals surface area (Å²) in [4.78, 5) is 18.1. The lowest BCUT2D eigenvalue weighted by molar-refractivity contribution is -0.119. The molecule has 0 aromatic heterocycles. The smallest absolute Gasteiger partial charge is 0.226 e. The lowest BCUT2D eigenvalue weighted by Crippen LogP contribution is -2.40. The van der Waals surface area contributed by atoms with Crippen molar-refractivity contribution in [2.45, 2.75) is 38.8 Å². The van der Waals surface area contributed by atoms with Crippen LogP contribution in [0.25, 0.3) is 0 Å². The third kappa shape index (κ3) is 5.25. The minimum Gasteiger partial charge on any atom is -0.383 e. The lowest BCUT2D eigenvalue weighted by atomic mass is 10.1. The van der Waals surface area contributed by atoms with Crippen LogP contribution in [0, 0.1) is 0 Å². The molecule has 1 aliphatic heterocycles. The molecule has 1 aromatic rings. The van der Waals surface area contributed by atoms with Gasteiger partial charge < -0.3 is 20.7 Å². The number of hydrogen-bond donors (Lipinski definition) is 2. The number of carbonyl (C=O) groups is 1. The molecule has 6 nitrogen and oxygen atoms in total. The number of guanidine groups is 1. The number of nitrogens with two attached hydrogens (primary N) is 1. The molecule has 3 N–H and O–H groups in total. The van der Waals surface area contributed by atoms with E-state index in [2.05, 4.69) is 10.3 Å². The number of benzene rings is 1. The quantitative estimate of drug-likeness (QED) is 0.617. The fraction of sp³-hybridized carbons (Fsp3) is 0.529. The van der Waals surface area contributed by atoms with Crippen LogP contribution in [0.3, 0.4) is 0 Å². The van der Waals surface area contributed by atoms with Crippen LogP contribution in [0.2, 0.25) is 0 Å². The van der Waals surface area contributed by atoms with Crippen LogP contribution < -0.4 is 16.0 Å². The molecule has 0 bridgehead atoms. The van der Waals surface area contributed by atoms with Crippen LogP contribution in [-0.2, 0) is 16.1 Å². The maximum atomic E-state index is 11.9. The molecule has 0 aliphatic carbocycles. The van der Waals surface area contributed by atoms with Crippen molar-refractivity contribution >= 4 is 17.6 Å². The van der Waals surface area contributed by atoms with Gasteiger partial charge in [-0.3, -0.25) is 4.79 Å². The van der Waals surface area contributed by atoms with Gasteiger partial charge in [0.05, 0.1) is 13.2 Å². The minimum absolute atomic E-state index is 0.122. The van der Waals surface area contributed by atoms with Gasteiger partial charge in [0.2, 0.25) is 5.91 Å². The first-order valence-electron chi connectivity index (χ1n) is 8.05. The Morgan fingerprint density at radius 3 is 2.78 bits per heavy atom. The Kier molecular flexibility index (Phi) is 6.40. The molecule has 1 aliphatic rings. The standard InChI is InChI=1S/C17H26N4O2/c1-13(12-23-2)20-17(18)19-11-14-6-8-15(9-7-14)21-10-4-3-5-16(21)22/h6-9,13H,3-5,10-12H2,1-2H3,(H3,18,19,20).